The first kappa shape index (κ1) is 27.4. The number of hydrogen-bond donors (Lipinski definition) is 0. The highest BCUT2D eigenvalue weighted by molar-refractivity contribution is 6.10. The molecule has 4 nitrogen and oxygen atoms in total. The average molecular weight is 611 g/mol. The quantitative estimate of drug-likeness (QED) is 0.199. The summed E-state index contributed by atoms with van der Waals surface area (Å²) in [6, 6.07) is 58.8. The Bertz CT molecular complexity index is 2710. The zero-order valence-corrected chi connectivity index (χ0v) is 25.8. The van der Waals surface area contributed by atoms with E-state index in [0.29, 0.717) is 11.1 Å². The van der Waals surface area contributed by atoms with Crippen LogP contribution in [0.1, 0.15) is 11.1 Å². The molecule has 2 aromatic heterocycles. The highest BCUT2D eigenvalue weighted by Crippen LogP contribution is 2.39. The van der Waals surface area contributed by atoms with Crippen LogP contribution in [0.5, 0.6) is 0 Å². The molecule has 7 aromatic carbocycles. The van der Waals surface area contributed by atoms with Gasteiger partial charge in [0, 0.05) is 32.7 Å². The SMILES string of the molecule is N#Cc1ccc(-c2ccc(-n3c4ccccc4c4ccccc43)c(C#N)c2)cc1-c1ccccc1-n1c2ccccc2c2ccccc21. The van der Waals surface area contributed by atoms with Crippen molar-refractivity contribution >= 4 is 43.6 Å². The Balaban J connectivity index is 1.22. The average Bonchev–Trinajstić information content (AvgIpc) is 3.67. The Morgan fingerprint density at radius 3 is 1.33 bits per heavy atom. The molecule has 0 radical (unpaired) electrons. The van der Waals surface area contributed by atoms with Crippen LogP contribution in [0.3, 0.4) is 0 Å². The Morgan fingerprint density at radius 1 is 0.354 bits per heavy atom. The monoisotopic (exact) mass is 610 g/mol. The van der Waals surface area contributed by atoms with E-state index in [2.05, 4.69) is 130 Å². The molecule has 0 amide bonds. The van der Waals surface area contributed by atoms with E-state index in [0.717, 1.165) is 66.5 Å². The minimum Gasteiger partial charge on any atom is -0.309 e. The van der Waals surface area contributed by atoms with E-state index in [4.69, 9.17) is 0 Å². The molecule has 0 saturated carbocycles. The van der Waals surface area contributed by atoms with E-state index < -0.39 is 0 Å². The molecule has 0 unspecified atom stereocenters. The van der Waals surface area contributed by atoms with E-state index in [-0.39, 0.29) is 0 Å². The van der Waals surface area contributed by atoms with Crippen molar-refractivity contribution in [2.45, 2.75) is 0 Å². The fourth-order valence-corrected chi connectivity index (χ4v) is 7.30. The fraction of sp³-hybridized carbons (Fsp3) is 0. The zero-order valence-electron chi connectivity index (χ0n) is 25.8. The van der Waals surface area contributed by atoms with Crippen molar-refractivity contribution in [3.63, 3.8) is 0 Å². The van der Waals surface area contributed by atoms with Gasteiger partial charge in [-0.3, -0.25) is 0 Å². The molecule has 9 aromatic rings. The first-order chi connectivity index (χ1) is 23.7. The second kappa shape index (κ2) is 10.9. The Hall–Kier alpha value is -6.88. The standard InChI is InChI=1S/C44H26N4/c45-27-31-22-21-30(29-23-24-39(32(25-29)28-46)47-40-16-6-1-11-33(40)34-12-2-7-17-41(34)47)26-38(31)37-15-5-10-20-44(37)48-42-18-8-3-13-35(42)36-14-4-9-19-43(36)48/h1-26H. The summed E-state index contributed by atoms with van der Waals surface area (Å²) in [6.07, 6.45) is 0. The van der Waals surface area contributed by atoms with Gasteiger partial charge in [-0.05, 0) is 65.7 Å². The number of rotatable bonds is 4. The molecule has 0 saturated heterocycles. The minimum absolute atomic E-state index is 0.579. The van der Waals surface area contributed by atoms with Crippen LogP contribution < -0.4 is 0 Å². The van der Waals surface area contributed by atoms with Gasteiger partial charge in [0.05, 0.1) is 50.6 Å². The van der Waals surface area contributed by atoms with Gasteiger partial charge in [-0.1, -0.05) is 103 Å². The summed E-state index contributed by atoms with van der Waals surface area (Å²) in [5, 5.41) is 25.4. The van der Waals surface area contributed by atoms with Crippen LogP contribution >= 0.6 is 0 Å². The molecular formula is C44H26N4. The molecule has 0 spiro atoms. The smallest absolute Gasteiger partial charge is 0.101 e. The van der Waals surface area contributed by atoms with Crippen LogP contribution in [0.15, 0.2) is 158 Å². The number of nitrogens with zero attached hydrogens (tertiary/aromatic N) is 4. The van der Waals surface area contributed by atoms with Gasteiger partial charge < -0.3 is 9.13 Å². The van der Waals surface area contributed by atoms with E-state index in [1.807, 2.05) is 48.5 Å². The van der Waals surface area contributed by atoms with Crippen LogP contribution in [0.2, 0.25) is 0 Å². The van der Waals surface area contributed by atoms with Gasteiger partial charge >= 0.3 is 0 Å². The Morgan fingerprint density at radius 2 is 0.792 bits per heavy atom. The van der Waals surface area contributed by atoms with Crippen molar-refractivity contribution in [2.75, 3.05) is 0 Å². The molecule has 222 valence electrons. The summed E-state index contributed by atoms with van der Waals surface area (Å²) in [5.41, 5.74) is 11.0. The molecule has 0 bridgehead atoms. The van der Waals surface area contributed by atoms with Crippen LogP contribution in [0, 0.1) is 22.7 Å². The molecule has 0 aliphatic carbocycles. The van der Waals surface area contributed by atoms with Crippen LogP contribution in [-0.2, 0) is 0 Å². The number of benzene rings is 7. The lowest BCUT2D eigenvalue weighted by molar-refractivity contribution is 1.17. The zero-order chi connectivity index (χ0) is 32.2. The lowest BCUT2D eigenvalue weighted by atomic mass is 9.93. The number of para-hydroxylation sites is 5. The normalized spacial score (nSPS) is 11.3. The molecule has 4 heteroatoms. The summed E-state index contributed by atoms with van der Waals surface area (Å²) in [4.78, 5) is 0. The number of hydrogen-bond acceptors (Lipinski definition) is 2. The third kappa shape index (κ3) is 4.07. The first-order valence-corrected chi connectivity index (χ1v) is 15.9. The third-order valence-corrected chi connectivity index (χ3v) is 9.43. The highest BCUT2D eigenvalue weighted by atomic mass is 15.0. The van der Waals surface area contributed by atoms with Gasteiger partial charge in [0.25, 0.3) is 0 Å². The predicted octanol–water partition coefficient (Wildman–Crippen LogP) is 11.0. The molecule has 2 heterocycles. The van der Waals surface area contributed by atoms with Crippen molar-refractivity contribution in [1.82, 2.24) is 9.13 Å². The maximum atomic E-state index is 10.5. The minimum atomic E-state index is 0.579. The van der Waals surface area contributed by atoms with Crippen LogP contribution in [0.4, 0.5) is 0 Å². The molecule has 9 rings (SSSR count). The number of fused-ring (bicyclic) bond motifs is 6. The number of nitriles is 2. The van der Waals surface area contributed by atoms with Crippen molar-refractivity contribution in [2.24, 2.45) is 0 Å². The van der Waals surface area contributed by atoms with Gasteiger partial charge in [0.2, 0.25) is 0 Å². The summed E-state index contributed by atoms with van der Waals surface area (Å²) in [6.45, 7) is 0. The van der Waals surface area contributed by atoms with Crippen molar-refractivity contribution in [1.29, 1.82) is 10.5 Å². The van der Waals surface area contributed by atoms with Crippen molar-refractivity contribution < 1.29 is 0 Å². The maximum Gasteiger partial charge on any atom is 0.101 e. The Labute approximate surface area is 277 Å². The topological polar surface area (TPSA) is 57.4 Å². The summed E-state index contributed by atoms with van der Waals surface area (Å²) >= 11 is 0. The Kier molecular flexibility index (Phi) is 6.22. The summed E-state index contributed by atoms with van der Waals surface area (Å²) in [5.74, 6) is 0. The molecule has 0 aliphatic heterocycles. The van der Waals surface area contributed by atoms with Gasteiger partial charge in [-0.15, -0.1) is 0 Å². The first-order valence-electron chi connectivity index (χ1n) is 15.9. The van der Waals surface area contributed by atoms with E-state index in [1.54, 1.807) is 0 Å². The molecule has 0 atom stereocenters. The maximum absolute atomic E-state index is 10.5. The lowest BCUT2D eigenvalue weighted by Crippen LogP contribution is -1.99. The largest absolute Gasteiger partial charge is 0.309 e. The molecule has 0 fully saturated rings. The van der Waals surface area contributed by atoms with E-state index in [1.165, 1.54) is 10.8 Å². The molecular weight excluding hydrogens is 585 g/mol. The van der Waals surface area contributed by atoms with E-state index >= 15 is 0 Å². The highest BCUT2D eigenvalue weighted by Gasteiger charge is 2.19. The molecule has 0 N–H and O–H groups in total. The summed E-state index contributed by atoms with van der Waals surface area (Å²) < 4.78 is 4.47. The van der Waals surface area contributed by atoms with Gasteiger partial charge in [-0.2, -0.15) is 10.5 Å². The lowest BCUT2D eigenvalue weighted by Gasteiger charge is -2.16. The third-order valence-electron chi connectivity index (χ3n) is 9.43. The second-order valence-electron chi connectivity index (χ2n) is 12.0. The van der Waals surface area contributed by atoms with Crippen LogP contribution in [0.25, 0.3) is 77.2 Å². The molecule has 48 heavy (non-hydrogen) atoms. The van der Waals surface area contributed by atoms with Gasteiger partial charge in [0.15, 0.2) is 0 Å². The second-order valence-corrected chi connectivity index (χ2v) is 12.0. The van der Waals surface area contributed by atoms with Gasteiger partial charge in [0.1, 0.15) is 6.07 Å². The van der Waals surface area contributed by atoms with Crippen molar-refractivity contribution in [3.8, 4) is 45.8 Å². The van der Waals surface area contributed by atoms with Gasteiger partial charge in [-0.25, -0.2) is 0 Å². The van der Waals surface area contributed by atoms with E-state index in [9.17, 15) is 10.5 Å². The number of aromatic nitrogens is 2. The predicted molar refractivity (Wildman–Crippen MR) is 195 cm³/mol. The fourth-order valence-electron chi connectivity index (χ4n) is 7.30. The summed E-state index contributed by atoms with van der Waals surface area (Å²) in [7, 11) is 0. The van der Waals surface area contributed by atoms with Crippen LogP contribution in [-0.4, -0.2) is 9.13 Å². The van der Waals surface area contributed by atoms with Crippen molar-refractivity contribution in [3.05, 3.63) is 169 Å². The molecule has 0 aliphatic rings.